The minimum absolute atomic E-state index is 0.00566. The molecule has 0 aromatic rings. The Kier molecular flexibility index (Phi) is 3.41. The molecule has 0 aromatic carbocycles. The van der Waals surface area contributed by atoms with Crippen molar-refractivity contribution in [1.29, 1.82) is 0 Å². The number of rotatable bonds is 2. The third-order valence-corrected chi connectivity index (χ3v) is 5.28. The number of ether oxygens (including phenoxy) is 1. The Morgan fingerprint density at radius 3 is 2.95 bits per heavy atom. The first kappa shape index (κ1) is 14.1. The molecule has 4 nitrogen and oxygen atoms in total. The van der Waals surface area contributed by atoms with E-state index in [1.54, 1.807) is 0 Å². The number of carbonyl (C=O) groups is 1. The Hall–Kier alpha value is -0.870. The number of esters is 1. The van der Waals surface area contributed by atoms with Crippen LogP contribution in [0.5, 0.6) is 0 Å². The summed E-state index contributed by atoms with van der Waals surface area (Å²) in [5.41, 5.74) is 0.577. The highest BCUT2D eigenvalue weighted by molar-refractivity contribution is 5.75. The van der Waals surface area contributed by atoms with Crippen LogP contribution in [0.2, 0.25) is 0 Å². The highest BCUT2D eigenvalue weighted by atomic mass is 16.6. The molecule has 0 aromatic heterocycles. The van der Waals surface area contributed by atoms with E-state index < -0.39 is 5.60 Å². The van der Waals surface area contributed by atoms with Crippen molar-refractivity contribution in [1.82, 2.24) is 4.90 Å². The molecule has 0 radical (unpaired) electrons. The zero-order chi connectivity index (χ0) is 14.5. The van der Waals surface area contributed by atoms with Crippen molar-refractivity contribution >= 4 is 5.97 Å². The Balaban J connectivity index is 1.90. The number of nitrogens with zero attached hydrogens (tertiary/aromatic N) is 1. The van der Waals surface area contributed by atoms with E-state index >= 15 is 0 Å². The van der Waals surface area contributed by atoms with Gasteiger partial charge in [0.25, 0.3) is 0 Å². The highest BCUT2D eigenvalue weighted by Gasteiger charge is 2.55. The molecule has 1 saturated heterocycles. The van der Waals surface area contributed by atoms with Gasteiger partial charge in [-0.25, -0.2) is 0 Å². The van der Waals surface area contributed by atoms with Crippen LogP contribution < -0.4 is 0 Å². The van der Waals surface area contributed by atoms with Gasteiger partial charge in [0.1, 0.15) is 6.10 Å². The zero-order valence-electron chi connectivity index (χ0n) is 12.6. The molecule has 0 unspecified atom stereocenters. The third-order valence-electron chi connectivity index (χ3n) is 5.28. The van der Waals surface area contributed by atoms with Crippen LogP contribution in [0.1, 0.15) is 32.6 Å². The molecular weight excluding hydrogens is 254 g/mol. The molecule has 1 aliphatic heterocycles. The molecule has 112 valence electrons. The maximum atomic E-state index is 12.2. The van der Waals surface area contributed by atoms with Gasteiger partial charge in [0.15, 0.2) is 0 Å². The molecule has 3 rings (SSSR count). The standard InChI is InChI=1S/C16H25NO3/c1-16(19)8-7-10-5-4-6-11-12(9-17(2)3)15(18)20-14(11)13(10)16/h5,11-14,19H,4,6-9H2,1-3H3/t11-,12-,13-,14-,16+/m0/s1. The van der Waals surface area contributed by atoms with Gasteiger partial charge in [-0.2, -0.15) is 0 Å². The summed E-state index contributed by atoms with van der Waals surface area (Å²) in [4.78, 5) is 14.3. The number of hydrogen-bond acceptors (Lipinski definition) is 4. The molecule has 20 heavy (non-hydrogen) atoms. The molecule has 0 bridgehead atoms. The van der Waals surface area contributed by atoms with Crippen LogP contribution >= 0.6 is 0 Å². The van der Waals surface area contributed by atoms with E-state index in [0.29, 0.717) is 0 Å². The molecule has 4 heteroatoms. The maximum absolute atomic E-state index is 12.2. The van der Waals surface area contributed by atoms with Crippen molar-refractivity contribution < 1.29 is 14.6 Å². The molecule has 5 atom stereocenters. The minimum Gasteiger partial charge on any atom is -0.461 e. The number of hydrogen-bond donors (Lipinski definition) is 1. The number of fused-ring (bicyclic) bond motifs is 3. The summed E-state index contributed by atoms with van der Waals surface area (Å²) in [7, 11) is 3.99. The second kappa shape index (κ2) is 4.85. The summed E-state index contributed by atoms with van der Waals surface area (Å²) in [6.07, 6.45) is 5.87. The van der Waals surface area contributed by atoms with Gasteiger partial charge in [0.05, 0.1) is 11.5 Å². The first-order valence-corrected chi connectivity index (χ1v) is 7.66. The molecule has 1 N–H and O–H groups in total. The summed E-state index contributed by atoms with van der Waals surface area (Å²) < 4.78 is 5.74. The fourth-order valence-electron chi connectivity index (χ4n) is 4.36. The lowest BCUT2D eigenvalue weighted by Gasteiger charge is -2.32. The van der Waals surface area contributed by atoms with Crippen molar-refractivity contribution in [3.8, 4) is 0 Å². The summed E-state index contributed by atoms with van der Waals surface area (Å²) in [5.74, 6) is 0.135. The lowest BCUT2D eigenvalue weighted by molar-refractivity contribution is -0.148. The van der Waals surface area contributed by atoms with Gasteiger partial charge in [0, 0.05) is 18.4 Å². The van der Waals surface area contributed by atoms with Crippen LogP contribution in [0.3, 0.4) is 0 Å². The van der Waals surface area contributed by atoms with Crippen LogP contribution in [-0.2, 0) is 9.53 Å². The maximum Gasteiger partial charge on any atom is 0.310 e. The predicted octanol–water partition coefficient (Wildman–Crippen LogP) is 1.59. The largest absolute Gasteiger partial charge is 0.461 e. The minimum atomic E-state index is -0.730. The molecule has 0 spiro atoms. The van der Waals surface area contributed by atoms with Gasteiger partial charge in [-0.05, 0) is 46.7 Å². The average Bonchev–Trinajstić information content (AvgIpc) is 2.71. The summed E-state index contributed by atoms with van der Waals surface area (Å²) in [6.45, 7) is 2.64. The van der Waals surface area contributed by atoms with E-state index in [0.717, 1.165) is 32.2 Å². The van der Waals surface area contributed by atoms with Crippen LogP contribution in [0.15, 0.2) is 11.6 Å². The Bertz CT molecular complexity index is 441. The predicted molar refractivity (Wildman–Crippen MR) is 76.1 cm³/mol. The smallest absolute Gasteiger partial charge is 0.310 e. The van der Waals surface area contributed by atoms with Gasteiger partial charge in [-0.3, -0.25) is 4.79 Å². The van der Waals surface area contributed by atoms with Crippen LogP contribution in [0.25, 0.3) is 0 Å². The second-order valence-electron chi connectivity index (χ2n) is 7.13. The number of allylic oxidation sites excluding steroid dienone is 1. The average molecular weight is 279 g/mol. The fraction of sp³-hybridized carbons (Fsp3) is 0.812. The Morgan fingerprint density at radius 2 is 2.25 bits per heavy atom. The summed E-state index contributed by atoms with van der Waals surface area (Å²) >= 11 is 0. The zero-order valence-corrected chi connectivity index (χ0v) is 12.6. The Labute approximate surface area is 120 Å². The lowest BCUT2D eigenvalue weighted by Crippen LogP contribution is -2.41. The Morgan fingerprint density at radius 1 is 1.50 bits per heavy atom. The van der Waals surface area contributed by atoms with Crippen molar-refractivity contribution in [2.75, 3.05) is 20.6 Å². The van der Waals surface area contributed by atoms with Crippen molar-refractivity contribution in [2.45, 2.75) is 44.3 Å². The van der Waals surface area contributed by atoms with E-state index in [1.165, 1.54) is 5.57 Å². The molecule has 0 amide bonds. The number of aliphatic hydroxyl groups is 1. The van der Waals surface area contributed by atoms with Crippen molar-refractivity contribution in [2.24, 2.45) is 17.8 Å². The molecule has 2 aliphatic carbocycles. The summed E-state index contributed by atoms with van der Waals surface area (Å²) in [6, 6.07) is 0. The van der Waals surface area contributed by atoms with E-state index in [9.17, 15) is 9.90 Å². The van der Waals surface area contributed by atoms with E-state index in [-0.39, 0.29) is 29.8 Å². The quantitative estimate of drug-likeness (QED) is 0.616. The molecule has 2 fully saturated rings. The molecular formula is C16H25NO3. The van der Waals surface area contributed by atoms with Crippen LogP contribution in [-0.4, -0.2) is 48.3 Å². The third kappa shape index (κ3) is 2.19. The van der Waals surface area contributed by atoms with Gasteiger partial charge in [-0.15, -0.1) is 0 Å². The monoisotopic (exact) mass is 279 g/mol. The van der Waals surface area contributed by atoms with E-state index in [2.05, 4.69) is 11.0 Å². The van der Waals surface area contributed by atoms with Gasteiger partial charge in [0.2, 0.25) is 0 Å². The van der Waals surface area contributed by atoms with E-state index in [4.69, 9.17) is 4.74 Å². The van der Waals surface area contributed by atoms with Gasteiger partial charge >= 0.3 is 5.97 Å². The second-order valence-corrected chi connectivity index (χ2v) is 7.13. The SMILES string of the molecule is CN(C)C[C@@H]1C(=O)O[C@H]2[C@H]1CCC=C1CC[C@@](C)(O)[C@@H]12. The topological polar surface area (TPSA) is 49.8 Å². The van der Waals surface area contributed by atoms with Crippen LogP contribution in [0.4, 0.5) is 0 Å². The highest BCUT2D eigenvalue weighted by Crippen LogP contribution is 2.50. The lowest BCUT2D eigenvalue weighted by atomic mass is 9.77. The first-order chi connectivity index (χ1) is 9.40. The fourth-order valence-corrected chi connectivity index (χ4v) is 4.36. The van der Waals surface area contributed by atoms with Crippen molar-refractivity contribution in [3.05, 3.63) is 11.6 Å². The van der Waals surface area contributed by atoms with Crippen LogP contribution in [0, 0.1) is 17.8 Å². The molecule has 1 saturated carbocycles. The van der Waals surface area contributed by atoms with Gasteiger partial charge < -0.3 is 14.7 Å². The molecule has 1 heterocycles. The molecule has 3 aliphatic rings. The van der Waals surface area contributed by atoms with Crippen molar-refractivity contribution in [3.63, 3.8) is 0 Å². The number of carbonyl (C=O) groups excluding carboxylic acids is 1. The summed E-state index contributed by atoms with van der Waals surface area (Å²) in [5, 5.41) is 10.7. The van der Waals surface area contributed by atoms with Gasteiger partial charge in [-0.1, -0.05) is 11.6 Å². The van der Waals surface area contributed by atoms with E-state index in [1.807, 2.05) is 21.0 Å². The first-order valence-electron chi connectivity index (χ1n) is 7.66. The normalized spacial score (nSPS) is 43.9.